The number of benzene rings is 1. The summed E-state index contributed by atoms with van der Waals surface area (Å²) in [6.45, 7) is 4.49. The van der Waals surface area contributed by atoms with Crippen LogP contribution in [0.15, 0.2) is 18.2 Å². The summed E-state index contributed by atoms with van der Waals surface area (Å²) in [5.74, 6) is -0.291. The van der Waals surface area contributed by atoms with Gasteiger partial charge in [0.15, 0.2) is 0 Å². The van der Waals surface area contributed by atoms with E-state index in [-0.39, 0.29) is 42.9 Å². The Labute approximate surface area is 187 Å². The minimum Gasteiger partial charge on any atom is -0.378 e. The van der Waals surface area contributed by atoms with E-state index >= 15 is 0 Å². The average molecular weight is 455 g/mol. The second-order valence-electron chi connectivity index (χ2n) is 8.35. The number of fused-ring (bicyclic) bond motifs is 1. The topological polar surface area (TPSA) is 79.1 Å². The van der Waals surface area contributed by atoms with Crippen molar-refractivity contribution in [2.75, 3.05) is 45.9 Å². The van der Waals surface area contributed by atoms with E-state index in [9.17, 15) is 9.59 Å². The van der Waals surface area contributed by atoms with Crippen LogP contribution in [0.1, 0.15) is 18.4 Å². The number of nitrogens with two attached hydrogens (primary N) is 1. The van der Waals surface area contributed by atoms with Crippen LogP contribution < -0.4 is 5.73 Å². The highest BCUT2D eigenvalue weighted by Gasteiger charge is 2.48. The molecule has 0 aliphatic carbocycles. The minimum absolute atomic E-state index is 0.0276. The van der Waals surface area contributed by atoms with Gasteiger partial charge < -0.3 is 15.4 Å². The molecule has 4 rings (SSSR count). The van der Waals surface area contributed by atoms with Crippen LogP contribution in [-0.4, -0.2) is 90.6 Å². The average Bonchev–Trinajstić information content (AvgIpc) is 3.25. The molecule has 0 radical (unpaired) electrons. The maximum Gasteiger partial charge on any atom is 0.231 e. The first kappa shape index (κ1) is 21.8. The largest absolute Gasteiger partial charge is 0.378 e. The first-order chi connectivity index (χ1) is 14.4. The Balaban J connectivity index is 1.57. The lowest BCUT2D eigenvalue weighted by atomic mass is 9.91. The molecule has 1 aromatic carbocycles. The van der Waals surface area contributed by atoms with E-state index in [1.165, 1.54) is 0 Å². The second-order valence-corrected chi connectivity index (χ2v) is 9.17. The van der Waals surface area contributed by atoms with Gasteiger partial charge in [0.05, 0.1) is 54.4 Å². The van der Waals surface area contributed by atoms with Crippen molar-refractivity contribution in [3.63, 3.8) is 0 Å². The molecule has 2 N–H and O–H groups in total. The van der Waals surface area contributed by atoms with Gasteiger partial charge in [-0.25, -0.2) is 0 Å². The number of hydrogen-bond donors (Lipinski definition) is 1. The van der Waals surface area contributed by atoms with E-state index in [4.69, 9.17) is 33.7 Å². The molecule has 0 saturated carbocycles. The Kier molecular flexibility index (Phi) is 6.85. The number of primary amides is 1. The Morgan fingerprint density at radius 1 is 1.03 bits per heavy atom. The number of carbonyl (C=O) groups is 2. The van der Waals surface area contributed by atoms with Gasteiger partial charge >= 0.3 is 0 Å². The summed E-state index contributed by atoms with van der Waals surface area (Å²) in [6, 6.07) is 5.38. The van der Waals surface area contributed by atoms with Crippen LogP contribution in [0.5, 0.6) is 0 Å². The first-order valence-electron chi connectivity index (χ1n) is 10.5. The SMILES string of the molecule is NC(=O)CN1CCN(C(=O)Cc2ccc(Cl)c(Cl)c2)[C@H]2[C@H]1COC[C@@H]2N1CCCC1. The molecule has 7 nitrogen and oxygen atoms in total. The van der Waals surface area contributed by atoms with Gasteiger partial charge in [-0.1, -0.05) is 29.3 Å². The molecule has 3 fully saturated rings. The molecule has 0 spiro atoms. The van der Waals surface area contributed by atoms with Crippen molar-refractivity contribution in [3.8, 4) is 0 Å². The Morgan fingerprint density at radius 3 is 2.47 bits per heavy atom. The highest BCUT2D eigenvalue weighted by molar-refractivity contribution is 6.42. The van der Waals surface area contributed by atoms with Gasteiger partial charge in [-0.15, -0.1) is 0 Å². The molecular weight excluding hydrogens is 427 g/mol. The quantitative estimate of drug-likeness (QED) is 0.727. The molecule has 3 aliphatic heterocycles. The third-order valence-corrected chi connectivity index (χ3v) is 7.19. The molecule has 3 heterocycles. The number of likely N-dealkylation sites (tertiary alicyclic amines) is 1. The molecule has 0 bridgehead atoms. The molecule has 30 heavy (non-hydrogen) atoms. The summed E-state index contributed by atoms with van der Waals surface area (Å²) in [5, 5.41) is 0.929. The molecule has 0 aromatic heterocycles. The summed E-state index contributed by atoms with van der Waals surface area (Å²) < 4.78 is 5.95. The fourth-order valence-corrected chi connectivity index (χ4v) is 5.38. The number of rotatable bonds is 5. The van der Waals surface area contributed by atoms with Gasteiger partial charge in [-0.05, 0) is 43.6 Å². The number of halogens is 2. The van der Waals surface area contributed by atoms with Crippen molar-refractivity contribution in [3.05, 3.63) is 33.8 Å². The van der Waals surface area contributed by atoms with Gasteiger partial charge in [0.1, 0.15) is 0 Å². The molecule has 3 aliphatic rings. The van der Waals surface area contributed by atoms with Crippen molar-refractivity contribution in [1.82, 2.24) is 14.7 Å². The molecule has 3 atom stereocenters. The normalized spacial score (nSPS) is 27.8. The van der Waals surface area contributed by atoms with E-state index in [2.05, 4.69) is 9.80 Å². The summed E-state index contributed by atoms with van der Waals surface area (Å²) >= 11 is 12.2. The summed E-state index contributed by atoms with van der Waals surface area (Å²) in [4.78, 5) is 31.5. The Bertz CT molecular complexity index is 802. The van der Waals surface area contributed by atoms with Crippen LogP contribution in [0, 0.1) is 0 Å². The second kappa shape index (κ2) is 9.40. The van der Waals surface area contributed by atoms with Crippen LogP contribution >= 0.6 is 23.2 Å². The molecule has 164 valence electrons. The van der Waals surface area contributed by atoms with Crippen LogP contribution in [0.2, 0.25) is 10.0 Å². The summed E-state index contributed by atoms with van der Waals surface area (Å²) in [6.07, 6.45) is 2.59. The van der Waals surface area contributed by atoms with Crippen molar-refractivity contribution >= 4 is 35.0 Å². The molecular formula is C21H28Cl2N4O3. The van der Waals surface area contributed by atoms with Gasteiger partial charge in [-0.2, -0.15) is 0 Å². The van der Waals surface area contributed by atoms with Crippen LogP contribution in [0.25, 0.3) is 0 Å². The van der Waals surface area contributed by atoms with E-state index in [1.807, 2.05) is 11.0 Å². The number of piperazine rings is 1. The number of amides is 2. The Morgan fingerprint density at radius 2 is 1.77 bits per heavy atom. The van der Waals surface area contributed by atoms with E-state index in [1.54, 1.807) is 12.1 Å². The zero-order chi connectivity index (χ0) is 21.3. The Hall–Kier alpha value is -1.38. The third kappa shape index (κ3) is 4.60. The van der Waals surface area contributed by atoms with E-state index < -0.39 is 0 Å². The lowest BCUT2D eigenvalue weighted by molar-refractivity contribution is -0.153. The molecule has 2 amide bonds. The lowest BCUT2D eigenvalue weighted by Gasteiger charge is -2.54. The fraction of sp³-hybridized carbons (Fsp3) is 0.619. The van der Waals surface area contributed by atoms with Gasteiger partial charge in [0.25, 0.3) is 0 Å². The molecule has 1 aromatic rings. The van der Waals surface area contributed by atoms with Crippen molar-refractivity contribution in [2.45, 2.75) is 37.4 Å². The number of carbonyl (C=O) groups excluding carboxylic acids is 2. The number of ether oxygens (including phenoxy) is 1. The van der Waals surface area contributed by atoms with Crippen molar-refractivity contribution in [1.29, 1.82) is 0 Å². The monoisotopic (exact) mass is 454 g/mol. The smallest absolute Gasteiger partial charge is 0.231 e. The van der Waals surface area contributed by atoms with Gasteiger partial charge in [0, 0.05) is 13.1 Å². The van der Waals surface area contributed by atoms with Crippen LogP contribution in [0.3, 0.4) is 0 Å². The van der Waals surface area contributed by atoms with Crippen LogP contribution in [-0.2, 0) is 20.7 Å². The van der Waals surface area contributed by atoms with E-state index in [0.717, 1.165) is 31.5 Å². The van der Waals surface area contributed by atoms with E-state index in [0.29, 0.717) is 36.3 Å². The van der Waals surface area contributed by atoms with Gasteiger partial charge in [-0.3, -0.25) is 19.4 Å². The van der Waals surface area contributed by atoms with Crippen LogP contribution in [0.4, 0.5) is 0 Å². The highest BCUT2D eigenvalue weighted by Crippen LogP contribution is 2.30. The first-order valence-corrected chi connectivity index (χ1v) is 11.3. The zero-order valence-electron chi connectivity index (χ0n) is 16.9. The third-order valence-electron chi connectivity index (χ3n) is 6.45. The van der Waals surface area contributed by atoms with Crippen molar-refractivity contribution in [2.24, 2.45) is 5.73 Å². The lowest BCUT2D eigenvalue weighted by Crippen LogP contribution is -2.72. The molecule has 0 unspecified atom stereocenters. The predicted molar refractivity (Wildman–Crippen MR) is 116 cm³/mol. The standard InChI is InChI=1S/C21H28Cl2N4O3/c22-15-4-3-14(9-16(15)23)10-20(29)27-8-7-26(11-19(24)28)18-13-30-12-17(21(18)27)25-5-1-2-6-25/h3-4,9,17-18,21H,1-2,5-8,10-13H2,(H2,24,28)/t17-,18+,21+/m0/s1. The van der Waals surface area contributed by atoms with Crippen molar-refractivity contribution < 1.29 is 14.3 Å². The number of hydrogen-bond acceptors (Lipinski definition) is 5. The highest BCUT2D eigenvalue weighted by atomic mass is 35.5. The maximum absolute atomic E-state index is 13.4. The molecule has 3 saturated heterocycles. The minimum atomic E-state index is -0.354. The predicted octanol–water partition coefficient (Wildman–Crippen LogP) is 1.40. The molecule has 9 heteroatoms. The fourth-order valence-electron chi connectivity index (χ4n) is 5.06. The number of nitrogens with zero attached hydrogens (tertiary/aromatic N) is 3. The summed E-state index contributed by atoms with van der Waals surface area (Å²) in [5.41, 5.74) is 6.33. The summed E-state index contributed by atoms with van der Waals surface area (Å²) in [7, 11) is 0. The zero-order valence-corrected chi connectivity index (χ0v) is 18.4. The maximum atomic E-state index is 13.4. The van der Waals surface area contributed by atoms with Gasteiger partial charge in [0.2, 0.25) is 11.8 Å².